The Labute approximate surface area is 166 Å². The summed E-state index contributed by atoms with van der Waals surface area (Å²) in [5.74, 6) is 0.862. The van der Waals surface area contributed by atoms with Crippen molar-refractivity contribution < 1.29 is 13.7 Å². The van der Waals surface area contributed by atoms with Crippen molar-refractivity contribution in [3.05, 3.63) is 48.0 Å². The van der Waals surface area contributed by atoms with Gasteiger partial charge in [0.25, 0.3) is 5.91 Å². The van der Waals surface area contributed by atoms with E-state index >= 15 is 0 Å². The van der Waals surface area contributed by atoms with Gasteiger partial charge in [0.1, 0.15) is 5.69 Å². The first-order valence-corrected chi connectivity index (χ1v) is 9.20. The SMILES string of the molecule is CNC(=O)c1ccc(N2CCN(Cc3cc(Nc4ncc[nH]4)no3)CC2)c(F)n1. The topological polar surface area (TPSA) is 115 Å². The van der Waals surface area contributed by atoms with Gasteiger partial charge < -0.3 is 25.0 Å². The molecular weight excluding hydrogens is 379 g/mol. The van der Waals surface area contributed by atoms with Crippen molar-refractivity contribution in [2.75, 3.05) is 43.4 Å². The summed E-state index contributed by atoms with van der Waals surface area (Å²) in [7, 11) is 1.49. The highest BCUT2D eigenvalue weighted by atomic mass is 19.1. The Bertz CT molecular complexity index is 966. The van der Waals surface area contributed by atoms with Gasteiger partial charge in [-0.2, -0.15) is 4.39 Å². The van der Waals surface area contributed by atoms with Crippen LogP contribution >= 0.6 is 0 Å². The number of carbonyl (C=O) groups excluding carboxylic acids is 1. The number of halogens is 1. The fourth-order valence-electron chi connectivity index (χ4n) is 3.19. The van der Waals surface area contributed by atoms with Gasteiger partial charge in [-0.15, -0.1) is 0 Å². The molecular formula is C18H21FN8O2. The van der Waals surface area contributed by atoms with Gasteiger partial charge in [0.2, 0.25) is 11.9 Å². The van der Waals surface area contributed by atoms with Crippen molar-refractivity contribution in [1.82, 2.24) is 30.3 Å². The predicted octanol–water partition coefficient (Wildman–Crippen LogP) is 1.36. The van der Waals surface area contributed by atoms with Crippen LogP contribution in [0.25, 0.3) is 0 Å². The van der Waals surface area contributed by atoms with Crippen LogP contribution in [-0.4, -0.2) is 64.1 Å². The van der Waals surface area contributed by atoms with Gasteiger partial charge in [0, 0.05) is 51.7 Å². The number of anilines is 3. The summed E-state index contributed by atoms with van der Waals surface area (Å²) < 4.78 is 19.7. The fraction of sp³-hybridized carbons (Fsp3) is 0.333. The van der Waals surface area contributed by atoms with E-state index in [4.69, 9.17) is 4.52 Å². The van der Waals surface area contributed by atoms with Crippen LogP contribution in [0.4, 0.5) is 21.8 Å². The van der Waals surface area contributed by atoms with E-state index in [1.807, 2.05) is 11.0 Å². The molecule has 3 aromatic rings. The molecule has 4 rings (SSSR count). The van der Waals surface area contributed by atoms with E-state index in [1.165, 1.54) is 13.1 Å². The van der Waals surface area contributed by atoms with E-state index in [-0.39, 0.29) is 5.69 Å². The lowest BCUT2D eigenvalue weighted by atomic mass is 10.2. The predicted molar refractivity (Wildman–Crippen MR) is 103 cm³/mol. The van der Waals surface area contributed by atoms with E-state index in [1.54, 1.807) is 18.5 Å². The summed E-state index contributed by atoms with van der Waals surface area (Å²) in [6.07, 6.45) is 3.36. The summed E-state index contributed by atoms with van der Waals surface area (Å²) >= 11 is 0. The Kier molecular flexibility index (Phi) is 5.38. The normalized spacial score (nSPS) is 14.8. The highest BCUT2D eigenvalue weighted by Crippen LogP contribution is 2.21. The molecule has 0 spiro atoms. The van der Waals surface area contributed by atoms with Crippen molar-refractivity contribution in [2.24, 2.45) is 0 Å². The van der Waals surface area contributed by atoms with Gasteiger partial charge in [-0.05, 0) is 12.1 Å². The number of pyridine rings is 1. The first kappa shape index (κ1) is 18.9. The smallest absolute Gasteiger partial charge is 0.269 e. The van der Waals surface area contributed by atoms with Gasteiger partial charge in [0.15, 0.2) is 11.6 Å². The third kappa shape index (κ3) is 4.35. The molecule has 4 heterocycles. The second-order valence-electron chi connectivity index (χ2n) is 6.59. The van der Waals surface area contributed by atoms with E-state index < -0.39 is 11.9 Å². The highest BCUT2D eigenvalue weighted by molar-refractivity contribution is 5.92. The molecule has 0 aromatic carbocycles. The Balaban J connectivity index is 1.32. The van der Waals surface area contributed by atoms with E-state index in [0.717, 1.165) is 18.8 Å². The Morgan fingerprint density at radius 3 is 2.83 bits per heavy atom. The minimum atomic E-state index is -0.636. The van der Waals surface area contributed by atoms with Crippen LogP contribution in [0, 0.1) is 5.95 Å². The molecule has 0 aliphatic carbocycles. The molecule has 1 amide bonds. The van der Waals surface area contributed by atoms with Crippen molar-refractivity contribution in [3.8, 4) is 0 Å². The fourth-order valence-corrected chi connectivity index (χ4v) is 3.19. The highest BCUT2D eigenvalue weighted by Gasteiger charge is 2.22. The molecule has 11 heteroatoms. The maximum atomic E-state index is 14.3. The van der Waals surface area contributed by atoms with Gasteiger partial charge in [-0.25, -0.2) is 9.97 Å². The number of nitrogens with one attached hydrogen (secondary N) is 3. The van der Waals surface area contributed by atoms with Crippen LogP contribution in [0.1, 0.15) is 16.2 Å². The number of hydrogen-bond acceptors (Lipinski definition) is 8. The number of H-pyrrole nitrogens is 1. The molecule has 3 aromatic heterocycles. The second-order valence-corrected chi connectivity index (χ2v) is 6.59. The maximum absolute atomic E-state index is 14.3. The molecule has 1 aliphatic heterocycles. The van der Waals surface area contributed by atoms with Crippen LogP contribution in [0.5, 0.6) is 0 Å². The average molecular weight is 400 g/mol. The van der Waals surface area contributed by atoms with Crippen molar-refractivity contribution >= 4 is 23.4 Å². The lowest BCUT2D eigenvalue weighted by molar-refractivity contribution is 0.0957. The number of imidazole rings is 1. The third-order valence-electron chi connectivity index (χ3n) is 4.68. The number of nitrogens with zero attached hydrogens (tertiary/aromatic N) is 5. The zero-order valence-corrected chi connectivity index (χ0v) is 15.9. The summed E-state index contributed by atoms with van der Waals surface area (Å²) in [6, 6.07) is 4.97. The minimum absolute atomic E-state index is 0.0664. The molecule has 3 N–H and O–H groups in total. The molecule has 0 atom stereocenters. The second kappa shape index (κ2) is 8.27. The quantitative estimate of drug-likeness (QED) is 0.531. The maximum Gasteiger partial charge on any atom is 0.269 e. The van der Waals surface area contributed by atoms with E-state index in [9.17, 15) is 9.18 Å². The van der Waals surface area contributed by atoms with E-state index in [2.05, 4.69) is 35.6 Å². The van der Waals surface area contributed by atoms with Crippen LogP contribution in [-0.2, 0) is 6.54 Å². The number of rotatable bonds is 6. The van der Waals surface area contributed by atoms with Crippen LogP contribution in [0.3, 0.4) is 0 Å². The number of amides is 1. The monoisotopic (exact) mass is 400 g/mol. The van der Waals surface area contributed by atoms with Crippen LogP contribution in [0.15, 0.2) is 35.1 Å². The molecule has 1 aliphatic rings. The van der Waals surface area contributed by atoms with Gasteiger partial charge in [0.05, 0.1) is 12.2 Å². The van der Waals surface area contributed by atoms with E-state index in [0.29, 0.717) is 37.1 Å². The Morgan fingerprint density at radius 2 is 2.14 bits per heavy atom. The molecule has 0 bridgehead atoms. The first-order chi connectivity index (χ1) is 14.1. The molecule has 0 unspecified atom stereocenters. The Hall–Kier alpha value is -3.47. The molecule has 1 fully saturated rings. The number of aromatic nitrogens is 4. The number of aromatic amines is 1. The largest absolute Gasteiger partial charge is 0.365 e. The molecule has 10 nitrogen and oxygen atoms in total. The van der Waals surface area contributed by atoms with Gasteiger partial charge in [-0.3, -0.25) is 9.69 Å². The van der Waals surface area contributed by atoms with Gasteiger partial charge >= 0.3 is 0 Å². The Morgan fingerprint density at radius 1 is 1.31 bits per heavy atom. The summed E-state index contributed by atoms with van der Waals surface area (Å²) in [4.78, 5) is 26.5. The number of piperazine rings is 1. The summed E-state index contributed by atoms with van der Waals surface area (Å²) in [6.45, 7) is 3.36. The first-order valence-electron chi connectivity index (χ1n) is 9.20. The average Bonchev–Trinajstić information content (AvgIpc) is 3.40. The minimum Gasteiger partial charge on any atom is -0.365 e. The molecule has 152 valence electrons. The molecule has 29 heavy (non-hydrogen) atoms. The zero-order valence-electron chi connectivity index (χ0n) is 15.9. The zero-order chi connectivity index (χ0) is 20.2. The molecule has 0 saturated carbocycles. The molecule has 1 saturated heterocycles. The lowest BCUT2D eigenvalue weighted by Crippen LogP contribution is -2.46. The van der Waals surface area contributed by atoms with Crippen molar-refractivity contribution in [3.63, 3.8) is 0 Å². The van der Waals surface area contributed by atoms with Crippen LogP contribution in [0.2, 0.25) is 0 Å². The standard InChI is InChI=1S/C18H21FN8O2/c1-20-17(28)13-2-3-14(16(19)23-13)27-8-6-26(7-9-27)11-12-10-15(25-29-12)24-18-21-4-5-22-18/h2-5,10H,6-9,11H2,1H3,(H,20,28)(H2,21,22,24,25). The van der Waals surface area contributed by atoms with Crippen molar-refractivity contribution in [1.29, 1.82) is 0 Å². The van der Waals surface area contributed by atoms with Gasteiger partial charge in [-0.1, -0.05) is 5.16 Å². The summed E-state index contributed by atoms with van der Waals surface area (Å²) in [5.41, 5.74) is 0.471. The number of carbonyl (C=O) groups is 1. The van der Waals surface area contributed by atoms with Crippen LogP contribution < -0.4 is 15.5 Å². The summed E-state index contributed by atoms with van der Waals surface area (Å²) in [5, 5.41) is 9.44. The number of hydrogen-bond donors (Lipinski definition) is 3. The lowest BCUT2D eigenvalue weighted by Gasteiger charge is -2.35. The molecule has 0 radical (unpaired) electrons. The van der Waals surface area contributed by atoms with Crippen molar-refractivity contribution in [2.45, 2.75) is 6.54 Å². The third-order valence-corrected chi connectivity index (χ3v) is 4.68.